The highest BCUT2D eigenvalue weighted by molar-refractivity contribution is 5.80. The molecule has 6 nitrogen and oxygen atoms in total. The molecule has 0 radical (unpaired) electrons. The molecule has 2 N–H and O–H groups in total. The molecule has 1 unspecified atom stereocenters. The molecule has 6 heteroatoms. The lowest BCUT2D eigenvalue weighted by Crippen LogP contribution is -2.49. The second-order valence-electron chi connectivity index (χ2n) is 8.88. The first-order valence-electron chi connectivity index (χ1n) is 11.8. The number of aliphatic imine (C=N–C) groups is 1. The minimum atomic E-state index is 0.557. The molecule has 3 aliphatic heterocycles. The molecule has 3 heterocycles. The van der Waals surface area contributed by atoms with Gasteiger partial charge in [0.05, 0.1) is 6.61 Å². The van der Waals surface area contributed by atoms with Gasteiger partial charge in [0.1, 0.15) is 0 Å². The lowest BCUT2D eigenvalue weighted by molar-refractivity contribution is 0.150. The van der Waals surface area contributed by atoms with Gasteiger partial charge in [-0.1, -0.05) is 6.92 Å². The molecule has 162 valence electrons. The van der Waals surface area contributed by atoms with Gasteiger partial charge in [-0.05, 0) is 76.9 Å². The molecule has 3 fully saturated rings. The zero-order valence-corrected chi connectivity index (χ0v) is 18.3. The summed E-state index contributed by atoms with van der Waals surface area (Å²) in [4.78, 5) is 10.1. The van der Waals surface area contributed by atoms with Crippen molar-refractivity contribution in [2.45, 2.75) is 58.4 Å². The minimum absolute atomic E-state index is 0.557. The highest BCUT2D eigenvalue weighted by Crippen LogP contribution is 2.20. The maximum atomic E-state index is 5.53. The van der Waals surface area contributed by atoms with Gasteiger partial charge in [-0.25, -0.2) is 0 Å². The summed E-state index contributed by atoms with van der Waals surface area (Å²) in [5.41, 5.74) is 0. The van der Waals surface area contributed by atoms with E-state index in [2.05, 4.69) is 34.3 Å². The zero-order valence-electron chi connectivity index (χ0n) is 18.3. The molecule has 0 spiro atoms. The molecule has 28 heavy (non-hydrogen) atoms. The van der Waals surface area contributed by atoms with Gasteiger partial charge in [0.25, 0.3) is 0 Å². The van der Waals surface area contributed by atoms with Crippen molar-refractivity contribution in [1.82, 2.24) is 20.4 Å². The molecule has 0 aromatic rings. The number of ether oxygens (including phenoxy) is 1. The summed E-state index contributed by atoms with van der Waals surface area (Å²) in [6.07, 6.45) is 7.60. The Morgan fingerprint density at radius 1 is 0.964 bits per heavy atom. The highest BCUT2D eigenvalue weighted by atomic mass is 16.5. The third-order valence-electron chi connectivity index (χ3n) is 6.77. The molecule has 0 amide bonds. The number of likely N-dealkylation sites (tertiary alicyclic amines) is 2. The van der Waals surface area contributed by atoms with Crippen LogP contribution in [0.15, 0.2) is 4.99 Å². The van der Waals surface area contributed by atoms with E-state index in [0.29, 0.717) is 6.04 Å². The van der Waals surface area contributed by atoms with Gasteiger partial charge in [-0.15, -0.1) is 0 Å². The van der Waals surface area contributed by atoms with Crippen LogP contribution in [0.3, 0.4) is 0 Å². The molecular weight excluding hydrogens is 350 g/mol. The molecule has 0 bridgehead atoms. The summed E-state index contributed by atoms with van der Waals surface area (Å²) < 4.78 is 5.53. The van der Waals surface area contributed by atoms with E-state index < -0.39 is 0 Å². The minimum Gasteiger partial charge on any atom is -0.381 e. The van der Waals surface area contributed by atoms with Crippen LogP contribution < -0.4 is 10.6 Å². The van der Waals surface area contributed by atoms with Crippen LogP contribution in [-0.4, -0.2) is 87.4 Å². The largest absolute Gasteiger partial charge is 0.381 e. The molecule has 0 aliphatic carbocycles. The predicted octanol–water partition coefficient (Wildman–Crippen LogP) is 2.16. The molecule has 3 saturated heterocycles. The highest BCUT2D eigenvalue weighted by Gasteiger charge is 2.24. The van der Waals surface area contributed by atoms with Crippen LogP contribution in [0.2, 0.25) is 0 Å². The Morgan fingerprint density at radius 2 is 1.71 bits per heavy atom. The summed E-state index contributed by atoms with van der Waals surface area (Å²) in [6, 6.07) is 0.557. The Labute approximate surface area is 172 Å². The van der Waals surface area contributed by atoms with E-state index in [1.807, 2.05) is 0 Å². The van der Waals surface area contributed by atoms with Crippen LogP contribution in [0.4, 0.5) is 0 Å². The van der Waals surface area contributed by atoms with Gasteiger partial charge in [-0.2, -0.15) is 0 Å². The van der Waals surface area contributed by atoms with Crippen LogP contribution in [0, 0.1) is 11.8 Å². The summed E-state index contributed by atoms with van der Waals surface area (Å²) in [6.45, 7) is 15.6. The number of nitrogens with zero attached hydrogens (tertiary/aromatic N) is 3. The fourth-order valence-electron chi connectivity index (χ4n) is 4.82. The SMILES string of the molecule is CCNC(=NCCC1CCN(CC)CC1)NC1CCN(CC2CCOC2)CC1. The van der Waals surface area contributed by atoms with Crippen molar-refractivity contribution in [2.24, 2.45) is 16.8 Å². The summed E-state index contributed by atoms with van der Waals surface area (Å²) in [5.74, 6) is 2.64. The van der Waals surface area contributed by atoms with Crippen molar-refractivity contribution in [3.63, 3.8) is 0 Å². The van der Waals surface area contributed by atoms with Crippen LogP contribution in [0.1, 0.15) is 52.4 Å². The van der Waals surface area contributed by atoms with Crippen LogP contribution in [-0.2, 0) is 4.74 Å². The van der Waals surface area contributed by atoms with E-state index >= 15 is 0 Å². The number of hydrogen-bond acceptors (Lipinski definition) is 4. The topological polar surface area (TPSA) is 52.1 Å². The van der Waals surface area contributed by atoms with Crippen molar-refractivity contribution in [2.75, 3.05) is 65.6 Å². The molecule has 0 saturated carbocycles. The normalized spacial score (nSPS) is 26.6. The third kappa shape index (κ3) is 7.20. The van der Waals surface area contributed by atoms with E-state index in [1.165, 1.54) is 77.8 Å². The maximum absolute atomic E-state index is 5.53. The first-order chi connectivity index (χ1) is 13.8. The van der Waals surface area contributed by atoms with Crippen molar-refractivity contribution in [3.05, 3.63) is 0 Å². The molecule has 3 rings (SSSR count). The lowest BCUT2D eigenvalue weighted by Gasteiger charge is -2.34. The monoisotopic (exact) mass is 393 g/mol. The Morgan fingerprint density at radius 3 is 2.36 bits per heavy atom. The third-order valence-corrected chi connectivity index (χ3v) is 6.77. The van der Waals surface area contributed by atoms with E-state index in [9.17, 15) is 0 Å². The van der Waals surface area contributed by atoms with Crippen molar-refractivity contribution < 1.29 is 4.74 Å². The summed E-state index contributed by atoms with van der Waals surface area (Å²) in [7, 11) is 0. The van der Waals surface area contributed by atoms with Gasteiger partial charge in [-0.3, -0.25) is 4.99 Å². The molecule has 0 aromatic heterocycles. The number of guanidine groups is 1. The number of rotatable bonds is 8. The van der Waals surface area contributed by atoms with Crippen LogP contribution in [0.25, 0.3) is 0 Å². The quantitative estimate of drug-likeness (QED) is 0.489. The smallest absolute Gasteiger partial charge is 0.191 e. The van der Waals surface area contributed by atoms with Gasteiger partial charge in [0.15, 0.2) is 5.96 Å². The number of piperidine rings is 2. The number of nitrogens with one attached hydrogen (secondary N) is 2. The van der Waals surface area contributed by atoms with Crippen molar-refractivity contribution in [1.29, 1.82) is 0 Å². The second-order valence-corrected chi connectivity index (χ2v) is 8.88. The standard InChI is InChI=1S/C22H43N5O/c1-3-23-22(24-11-5-19-6-12-26(4-2)13-7-19)25-21-8-14-27(15-9-21)17-20-10-16-28-18-20/h19-21H,3-18H2,1-2H3,(H2,23,24,25). The Balaban J connectivity index is 1.35. The second kappa shape index (κ2) is 12.0. The van der Waals surface area contributed by atoms with E-state index in [1.54, 1.807) is 0 Å². The van der Waals surface area contributed by atoms with Crippen LogP contribution >= 0.6 is 0 Å². The van der Waals surface area contributed by atoms with Gasteiger partial charge in [0.2, 0.25) is 0 Å². The van der Waals surface area contributed by atoms with Crippen molar-refractivity contribution in [3.8, 4) is 0 Å². The molecule has 1 atom stereocenters. The Bertz CT molecular complexity index is 450. The predicted molar refractivity (Wildman–Crippen MR) is 117 cm³/mol. The molecule has 3 aliphatic rings. The van der Waals surface area contributed by atoms with E-state index in [0.717, 1.165) is 44.1 Å². The fraction of sp³-hybridized carbons (Fsp3) is 0.955. The Kier molecular flexibility index (Phi) is 9.35. The number of hydrogen-bond donors (Lipinski definition) is 2. The van der Waals surface area contributed by atoms with Crippen molar-refractivity contribution >= 4 is 5.96 Å². The van der Waals surface area contributed by atoms with Gasteiger partial charge >= 0.3 is 0 Å². The fourth-order valence-corrected chi connectivity index (χ4v) is 4.82. The van der Waals surface area contributed by atoms with E-state index in [-0.39, 0.29) is 0 Å². The summed E-state index contributed by atoms with van der Waals surface area (Å²) in [5, 5.41) is 7.16. The average molecular weight is 394 g/mol. The molecule has 0 aromatic carbocycles. The van der Waals surface area contributed by atoms with Crippen LogP contribution in [0.5, 0.6) is 0 Å². The van der Waals surface area contributed by atoms with Gasteiger partial charge < -0.3 is 25.2 Å². The first-order valence-corrected chi connectivity index (χ1v) is 11.8. The zero-order chi connectivity index (χ0) is 19.6. The lowest BCUT2D eigenvalue weighted by atomic mass is 9.94. The van der Waals surface area contributed by atoms with E-state index in [4.69, 9.17) is 9.73 Å². The van der Waals surface area contributed by atoms with Gasteiger partial charge in [0, 0.05) is 45.4 Å². The molecular formula is C22H43N5O. The average Bonchev–Trinajstić information content (AvgIpc) is 3.23. The summed E-state index contributed by atoms with van der Waals surface area (Å²) >= 11 is 0. The first kappa shape index (κ1) is 21.8. The Hall–Kier alpha value is -0.850. The maximum Gasteiger partial charge on any atom is 0.191 e.